The van der Waals surface area contributed by atoms with Gasteiger partial charge >= 0.3 is 0 Å². The number of phenols is 1. The summed E-state index contributed by atoms with van der Waals surface area (Å²) in [6, 6.07) is 47.9. The Bertz CT molecular complexity index is 2650. The molecule has 0 saturated heterocycles. The van der Waals surface area contributed by atoms with Crippen LogP contribution in [0.15, 0.2) is 133 Å². The van der Waals surface area contributed by atoms with Crippen LogP contribution in [0.25, 0.3) is 67.3 Å². The van der Waals surface area contributed by atoms with E-state index in [1.165, 1.54) is 38.9 Å². The molecular weight excluding hydrogens is 741 g/mol. The number of nitrogens with zero attached hydrogens (tertiary/aromatic N) is 2. The first kappa shape index (κ1) is 43.3. The van der Waals surface area contributed by atoms with Gasteiger partial charge in [-0.05, 0) is 120 Å². The number of aromatic nitrogens is 2. The van der Waals surface area contributed by atoms with Crippen molar-refractivity contribution in [1.82, 2.24) is 9.97 Å². The molecule has 0 aliphatic rings. The van der Waals surface area contributed by atoms with Gasteiger partial charge in [-0.25, -0.2) is 9.97 Å². The van der Waals surface area contributed by atoms with Crippen molar-refractivity contribution in [1.29, 1.82) is 0 Å². The van der Waals surface area contributed by atoms with Crippen LogP contribution in [0.3, 0.4) is 0 Å². The fourth-order valence-electron chi connectivity index (χ4n) is 8.24. The van der Waals surface area contributed by atoms with E-state index in [0.717, 1.165) is 56.2 Å². The second kappa shape index (κ2) is 16.6. The fourth-order valence-corrected chi connectivity index (χ4v) is 8.24. The monoisotopic (exact) mass is 805 g/mol. The number of aromatic hydroxyl groups is 1. The zero-order chi connectivity index (χ0) is 44.0. The van der Waals surface area contributed by atoms with Gasteiger partial charge in [0.1, 0.15) is 5.75 Å². The predicted molar refractivity (Wildman–Crippen MR) is 261 cm³/mol. The minimum atomic E-state index is -0.296. The van der Waals surface area contributed by atoms with Gasteiger partial charge in [-0.1, -0.05) is 187 Å². The molecule has 2 heterocycles. The van der Waals surface area contributed by atoms with Crippen LogP contribution in [0.1, 0.15) is 130 Å². The van der Waals surface area contributed by atoms with Crippen molar-refractivity contribution >= 4 is 0 Å². The number of rotatable bonds is 8. The Kier molecular flexibility index (Phi) is 11.8. The quantitative estimate of drug-likeness (QED) is 0.166. The summed E-state index contributed by atoms with van der Waals surface area (Å²) in [5, 5.41) is 12.3. The van der Waals surface area contributed by atoms with Gasteiger partial charge < -0.3 is 5.11 Å². The summed E-state index contributed by atoms with van der Waals surface area (Å²) in [5.74, 6) is 0.762. The van der Waals surface area contributed by atoms with Crippen molar-refractivity contribution in [2.75, 3.05) is 0 Å². The first-order valence-electron chi connectivity index (χ1n) is 22.0. The van der Waals surface area contributed by atoms with E-state index in [9.17, 15) is 5.11 Å². The van der Waals surface area contributed by atoms with E-state index in [1.54, 1.807) is 0 Å². The zero-order valence-electron chi connectivity index (χ0n) is 38.7. The number of pyridine rings is 2. The molecule has 0 saturated carbocycles. The maximum absolute atomic E-state index is 12.3. The summed E-state index contributed by atoms with van der Waals surface area (Å²) in [4.78, 5) is 11.0. The lowest BCUT2D eigenvalue weighted by atomic mass is 9.78. The van der Waals surface area contributed by atoms with Crippen LogP contribution >= 0.6 is 0 Å². The van der Waals surface area contributed by atoms with Crippen LogP contribution in [0.2, 0.25) is 0 Å². The summed E-state index contributed by atoms with van der Waals surface area (Å²) >= 11 is 0. The smallest absolute Gasteiger partial charge is 0.128 e. The molecule has 7 rings (SSSR count). The van der Waals surface area contributed by atoms with Crippen molar-refractivity contribution in [3.63, 3.8) is 0 Å². The van der Waals surface area contributed by atoms with Gasteiger partial charge in [0.15, 0.2) is 0 Å². The Balaban J connectivity index is 1.57. The molecule has 1 N–H and O–H groups in total. The lowest BCUT2D eigenvalue weighted by Gasteiger charge is -2.28. The minimum Gasteiger partial charge on any atom is -0.507 e. The van der Waals surface area contributed by atoms with E-state index in [0.29, 0.717) is 0 Å². The van der Waals surface area contributed by atoms with Gasteiger partial charge in [-0.2, -0.15) is 0 Å². The van der Waals surface area contributed by atoms with Crippen LogP contribution in [0.4, 0.5) is 0 Å². The van der Waals surface area contributed by atoms with Crippen LogP contribution in [0.5, 0.6) is 5.75 Å². The standard InChI is InChI=1S/C58H64N2O/c1-36(2)46-28-42(39-23-18-15-19-24-39)29-47(37(3)4)54(46)43-30-51(48-32-44(56(5,6)7)33-49(55(48)61)58(11,12)13)60-52(31-43)53-35-45(57(8,9)10)34-50(59-53)41-26-20-25-40(27-41)38-21-16-14-17-22-38/h14-37,61H,1-13H3. The first-order chi connectivity index (χ1) is 28.7. The average molecular weight is 805 g/mol. The van der Waals surface area contributed by atoms with Crippen molar-refractivity contribution < 1.29 is 5.11 Å². The molecule has 0 bridgehead atoms. The normalized spacial score (nSPS) is 12.4. The lowest BCUT2D eigenvalue weighted by molar-refractivity contribution is 0.446. The maximum atomic E-state index is 12.3. The van der Waals surface area contributed by atoms with Crippen LogP contribution in [-0.4, -0.2) is 15.1 Å². The molecule has 61 heavy (non-hydrogen) atoms. The molecule has 0 unspecified atom stereocenters. The molecule has 312 valence electrons. The molecule has 0 aliphatic carbocycles. The van der Waals surface area contributed by atoms with Gasteiger partial charge in [0.2, 0.25) is 0 Å². The number of hydrogen-bond donors (Lipinski definition) is 1. The fraction of sp³-hybridized carbons (Fsp3) is 0.310. The molecule has 0 fully saturated rings. The summed E-state index contributed by atoms with van der Waals surface area (Å²) < 4.78 is 0. The summed E-state index contributed by atoms with van der Waals surface area (Å²) in [5.41, 5.74) is 17.2. The Morgan fingerprint density at radius 2 is 0.852 bits per heavy atom. The second-order valence-corrected chi connectivity index (χ2v) is 20.6. The highest BCUT2D eigenvalue weighted by Crippen LogP contribution is 2.46. The minimum absolute atomic E-state index is 0.155. The van der Waals surface area contributed by atoms with Crippen molar-refractivity contribution in [3.8, 4) is 73.0 Å². The highest BCUT2D eigenvalue weighted by Gasteiger charge is 2.28. The Labute approximate surface area is 366 Å². The van der Waals surface area contributed by atoms with E-state index in [4.69, 9.17) is 9.97 Å². The molecule has 0 aliphatic heterocycles. The Hall–Kier alpha value is -5.80. The van der Waals surface area contributed by atoms with Gasteiger partial charge in [-0.3, -0.25) is 0 Å². The Morgan fingerprint density at radius 1 is 0.393 bits per heavy atom. The molecule has 0 spiro atoms. The molecule has 5 aromatic carbocycles. The number of hydrogen-bond acceptors (Lipinski definition) is 3. The van der Waals surface area contributed by atoms with E-state index >= 15 is 0 Å². The SMILES string of the molecule is CC(C)c1cc(-c2ccccc2)cc(C(C)C)c1-c1cc(-c2cc(C(C)(C)C)cc(-c3cccc(-c4ccccc4)c3)n2)nc(-c2cc(C(C)(C)C)cc(C(C)(C)C)c2O)c1. The summed E-state index contributed by atoms with van der Waals surface area (Å²) in [7, 11) is 0. The van der Waals surface area contributed by atoms with E-state index in [1.807, 2.05) is 0 Å². The van der Waals surface area contributed by atoms with E-state index < -0.39 is 0 Å². The van der Waals surface area contributed by atoms with Gasteiger partial charge in [0.05, 0.1) is 22.8 Å². The topological polar surface area (TPSA) is 46.0 Å². The average Bonchev–Trinajstić information content (AvgIpc) is 3.22. The molecule has 3 heteroatoms. The van der Waals surface area contributed by atoms with Crippen LogP contribution in [-0.2, 0) is 16.2 Å². The highest BCUT2D eigenvalue weighted by molar-refractivity contribution is 5.85. The summed E-state index contributed by atoms with van der Waals surface area (Å²) in [6.07, 6.45) is 0. The third kappa shape index (κ3) is 9.27. The summed E-state index contributed by atoms with van der Waals surface area (Å²) in [6.45, 7) is 29.1. The molecule has 2 aromatic heterocycles. The lowest BCUT2D eigenvalue weighted by Crippen LogP contribution is -2.17. The molecule has 7 aromatic rings. The van der Waals surface area contributed by atoms with Gasteiger partial charge in [-0.15, -0.1) is 0 Å². The number of phenolic OH excluding ortho intramolecular Hbond substituents is 1. The number of benzene rings is 5. The molecule has 0 radical (unpaired) electrons. The molecule has 0 atom stereocenters. The van der Waals surface area contributed by atoms with Crippen LogP contribution < -0.4 is 0 Å². The third-order valence-corrected chi connectivity index (χ3v) is 11.9. The van der Waals surface area contributed by atoms with Crippen molar-refractivity contribution in [2.45, 2.75) is 118 Å². The first-order valence-corrected chi connectivity index (χ1v) is 22.0. The van der Waals surface area contributed by atoms with E-state index in [-0.39, 0.29) is 33.8 Å². The molecule has 3 nitrogen and oxygen atoms in total. The van der Waals surface area contributed by atoms with Crippen molar-refractivity contribution in [3.05, 3.63) is 161 Å². The van der Waals surface area contributed by atoms with Gasteiger partial charge in [0.25, 0.3) is 0 Å². The van der Waals surface area contributed by atoms with E-state index in [2.05, 4.69) is 223 Å². The highest BCUT2D eigenvalue weighted by atomic mass is 16.3. The van der Waals surface area contributed by atoms with Crippen LogP contribution in [0, 0.1) is 0 Å². The second-order valence-electron chi connectivity index (χ2n) is 20.6. The van der Waals surface area contributed by atoms with Gasteiger partial charge in [0, 0.05) is 16.7 Å². The largest absolute Gasteiger partial charge is 0.507 e. The molecule has 0 amide bonds. The van der Waals surface area contributed by atoms with Crippen molar-refractivity contribution in [2.24, 2.45) is 0 Å². The third-order valence-electron chi connectivity index (χ3n) is 11.9. The molecular formula is C58H64N2O. The zero-order valence-corrected chi connectivity index (χ0v) is 38.7. The maximum Gasteiger partial charge on any atom is 0.128 e. The Morgan fingerprint density at radius 3 is 1.39 bits per heavy atom. The predicted octanol–water partition coefficient (Wildman–Crippen LogP) is 16.3.